The molecule has 4 heteroatoms. The van der Waals surface area contributed by atoms with E-state index in [1.54, 1.807) is 31.2 Å². The maximum atomic E-state index is 11.9. The van der Waals surface area contributed by atoms with E-state index in [1.165, 1.54) is 6.26 Å². The second-order valence-electron chi connectivity index (χ2n) is 4.80. The molecule has 1 heterocycles. The number of amides is 1. The van der Waals surface area contributed by atoms with Gasteiger partial charge in [0, 0.05) is 5.56 Å². The molecule has 0 saturated carbocycles. The maximum Gasteiger partial charge on any atom is 0.251 e. The van der Waals surface area contributed by atoms with Crippen molar-refractivity contribution in [2.45, 2.75) is 19.4 Å². The summed E-state index contributed by atoms with van der Waals surface area (Å²) < 4.78 is 5.15. The van der Waals surface area contributed by atoms with Crippen molar-refractivity contribution in [2.24, 2.45) is 0 Å². The van der Waals surface area contributed by atoms with Crippen LogP contribution >= 0.6 is 0 Å². The van der Waals surface area contributed by atoms with Crippen LogP contribution in [0.4, 0.5) is 0 Å². The molecule has 100 valence electrons. The lowest BCUT2D eigenvalue weighted by Crippen LogP contribution is -2.38. The van der Waals surface area contributed by atoms with Crippen LogP contribution in [0.3, 0.4) is 0 Å². The number of furan rings is 1. The molecule has 1 aromatic heterocycles. The molecule has 0 fully saturated rings. The standard InChI is InChI=1S/C15H17NO3/c1-11-5-7-12(8-6-11)14(17)16-10-15(2,18)13-4-3-9-19-13/h3-9,18H,10H2,1-2H3,(H,16,17). The molecule has 0 bridgehead atoms. The van der Waals surface area contributed by atoms with E-state index in [1.807, 2.05) is 19.1 Å². The van der Waals surface area contributed by atoms with Gasteiger partial charge in [0.25, 0.3) is 5.91 Å². The van der Waals surface area contributed by atoms with Crippen LogP contribution in [0.5, 0.6) is 0 Å². The minimum atomic E-state index is -1.22. The Bertz CT molecular complexity index is 541. The quantitative estimate of drug-likeness (QED) is 0.885. The Morgan fingerprint density at radius 2 is 2.00 bits per heavy atom. The van der Waals surface area contributed by atoms with Crippen molar-refractivity contribution in [2.75, 3.05) is 6.54 Å². The lowest BCUT2D eigenvalue weighted by molar-refractivity contribution is 0.0330. The molecule has 1 atom stereocenters. The van der Waals surface area contributed by atoms with Crippen LogP contribution in [0.1, 0.15) is 28.6 Å². The fraction of sp³-hybridized carbons (Fsp3) is 0.267. The van der Waals surface area contributed by atoms with Crippen molar-refractivity contribution in [3.05, 3.63) is 59.5 Å². The zero-order chi connectivity index (χ0) is 13.9. The Balaban J connectivity index is 1.99. The van der Waals surface area contributed by atoms with E-state index in [9.17, 15) is 9.90 Å². The minimum Gasteiger partial charge on any atom is -0.466 e. The second-order valence-corrected chi connectivity index (χ2v) is 4.80. The largest absolute Gasteiger partial charge is 0.466 e. The van der Waals surface area contributed by atoms with Gasteiger partial charge >= 0.3 is 0 Å². The predicted octanol–water partition coefficient (Wildman–Crippen LogP) is 2.23. The smallest absolute Gasteiger partial charge is 0.251 e. The number of benzene rings is 1. The zero-order valence-corrected chi connectivity index (χ0v) is 11.0. The third-order valence-corrected chi connectivity index (χ3v) is 2.96. The van der Waals surface area contributed by atoms with Crippen molar-refractivity contribution in [1.82, 2.24) is 5.32 Å². The Labute approximate surface area is 112 Å². The molecule has 4 nitrogen and oxygen atoms in total. The van der Waals surface area contributed by atoms with Crippen molar-refractivity contribution in [1.29, 1.82) is 0 Å². The summed E-state index contributed by atoms with van der Waals surface area (Å²) in [6.45, 7) is 3.65. The van der Waals surface area contributed by atoms with Gasteiger partial charge < -0.3 is 14.8 Å². The van der Waals surface area contributed by atoms with Gasteiger partial charge in [-0.15, -0.1) is 0 Å². The van der Waals surface area contributed by atoms with Gasteiger partial charge in [-0.2, -0.15) is 0 Å². The van der Waals surface area contributed by atoms with E-state index >= 15 is 0 Å². The highest BCUT2D eigenvalue weighted by molar-refractivity contribution is 5.94. The molecule has 19 heavy (non-hydrogen) atoms. The summed E-state index contributed by atoms with van der Waals surface area (Å²) >= 11 is 0. The number of rotatable bonds is 4. The summed E-state index contributed by atoms with van der Waals surface area (Å²) in [7, 11) is 0. The van der Waals surface area contributed by atoms with E-state index in [0.29, 0.717) is 11.3 Å². The van der Waals surface area contributed by atoms with Crippen LogP contribution in [-0.2, 0) is 5.60 Å². The van der Waals surface area contributed by atoms with Gasteiger partial charge in [0.05, 0.1) is 12.8 Å². The zero-order valence-electron chi connectivity index (χ0n) is 11.0. The van der Waals surface area contributed by atoms with Crippen LogP contribution in [0.15, 0.2) is 47.1 Å². The molecule has 0 aliphatic carbocycles. The van der Waals surface area contributed by atoms with Crippen LogP contribution in [0.25, 0.3) is 0 Å². The Kier molecular flexibility index (Phi) is 3.71. The Hall–Kier alpha value is -2.07. The second kappa shape index (κ2) is 5.28. The molecule has 1 unspecified atom stereocenters. The highest BCUT2D eigenvalue weighted by atomic mass is 16.4. The van der Waals surface area contributed by atoms with Crippen LogP contribution in [0, 0.1) is 6.92 Å². The molecule has 2 aromatic rings. The number of aryl methyl sites for hydroxylation is 1. The molecule has 1 amide bonds. The fourth-order valence-electron chi connectivity index (χ4n) is 1.73. The van der Waals surface area contributed by atoms with E-state index in [2.05, 4.69) is 5.32 Å². The van der Waals surface area contributed by atoms with Crippen molar-refractivity contribution in [3.8, 4) is 0 Å². The molecular formula is C15H17NO3. The fourth-order valence-corrected chi connectivity index (χ4v) is 1.73. The van der Waals surface area contributed by atoms with Gasteiger partial charge in [-0.3, -0.25) is 4.79 Å². The number of aliphatic hydroxyl groups is 1. The number of hydrogen-bond donors (Lipinski definition) is 2. The maximum absolute atomic E-state index is 11.9. The van der Waals surface area contributed by atoms with Gasteiger partial charge in [0.2, 0.25) is 0 Å². The number of nitrogens with one attached hydrogen (secondary N) is 1. The van der Waals surface area contributed by atoms with Gasteiger partial charge in [0.1, 0.15) is 11.4 Å². The minimum absolute atomic E-state index is 0.0905. The van der Waals surface area contributed by atoms with Gasteiger partial charge in [-0.1, -0.05) is 17.7 Å². The van der Waals surface area contributed by atoms with Crippen LogP contribution < -0.4 is 5.32 Å². The molecule has 0 radical (unpaired) electrons. The Morgan fingerprint density at radius 1 is 1.32 bits per heavy atom. The lowest BCUT2D eigenvalue weighted by Gasteiger charge is -2.21. The third kappa shape index (κ3) is 3.23. The molecule has 0 aliphatic heterocycles. The van der Waals surface area contributed by atoms with Crippen molar-refractivity contribution in [3.63, 3.8) is 0 Å². The topological polar surface area (TPSA) is 62.5 Å². The van der Waals surface area contributed by atoms with Crippen molar-refractivity contribution < 1.29 is 14.3 Å². The van der Waals surface area contributed by atoms with Crippen LogP contribution in [-0.4, -0.2) is 17.6 Å². The molecule has 2 rings (SSSR count). The van der Waals surface area contributed by atoms with Gasteiger partial charge in [0.15, 0.2) is 0 Å². The molecule has 2 N–H and O–H groups in total. The van der Waals surface area contributed by atoms with E-state index in [-0.39, 0.29) is 12.5 Å². The number of carbonyl (C=O) groups is 1. The average molecular weight is 259 g/mol. The predicted molar refractivity (Wildman–Crippen MR) is 71.8 cm³/mol. The number of hydrogen-bond acceptors (Lipinski definition) is 3. The van der Waals surface area contributed by atoms with Gasteiger partial charge in [-0.05, 0) is 38.1 Å². The average Bonchev–Trinajstić information content (AvgIpc) is 2.91. The molecule has 1 aromatic carbocycles. The summed E-state index contributed by atoms with van der Waals surface area (Å²) in [5.74, 6) is 0.212. The lowest BCUT2D eigenvalue weighted by atomic mass is 10.0. The normalized spacial score (nSPS) is 13.8. The summed E-state index contributed by atoms with van der Waals surface area (Å²) in [6, 6.07) is 10.6. The van der Waals surface area contributed by atoms with E-state index < -0.39 is 5.60 Å². The first-order chi connectivity index (χ1) is 8.99. The summed E-state index contributed by atoms with van der Waals surface area (Å²) in [5, 5.41) is 12.9. The van der Waals surface area contributed by atoms with Gasteiger partial charge in [-0.25, -0.2) is 0 Å². The summed E-state index contributed by atoms with van der Waals surface area (Å²) in [4.78, 5) is 11.9. The molecule has 0 spiro atoms. The number of carbonyl (C=O) groups excluding carboxylic acids is 1. The molecule has 0 aliphatic rings. The van der Waals surface area contributed by atoms with E-state index in [4.69, 9.17) is 4.42 Å². The first-order valence-electron chi connectivity index (χ1n) is 6.10. The highest BCUT2D eigenvalue weighted by Crippen LogP contribution is 2.19. The Morgan fingerprint density at radius 3 is 2.58 bits per heavy atom. The van der Waals surface area contributed by atoms with Crippen LogP contribution in [0.2, 0.25) is 0 Å². The highest BCUT2D eigenvalue weighted by Gasteiger charge is 2.26. The first-order valence-corrected chi connectivity index (χ1v) is 6.10. The first kappa shape index (κ1) is 13.4. The SMILES string of the molecule is Cc1ccc(C(=O)NCC(C)(O)c2ccco2)cc1. The molecular weight excluding hydrogens is 242 g/mol. The monoisotopic (exact) mass is 259 g/mol. The summed E-state index contributed by atoms with van der Waals surface area (Å²) in [6.07, 6.45) is 1.49. The summed E-state index contributed by atoms with van der Waals surface area (Å²) in [5.41, 5.74) is 0.448. The van der Waals surface area contributed by atoms with Crippen molar-refractivity contribution >= 4 is 5.91 Å². The molecule has 0 saturated heterocycles. The third-order valence-electron chi connectivity index (χ3n) is 2.96. The van der Waals surface area contributed by atoms with E-state index in [0.717, 1.165) is 5.56 Å².